The van der Waals surface area contributed by atoms with Gasteiger partial charge in [0.15, 0.2) is 0 Å². The molecule has 0 unspecified atom stereocenters. The molecule has 2 aromatic rings. The van der Waals surface area contributed by atoms with Crippen LogP contribution in [0.1, 0.15) is 19.8 Å². The van der Waals surface area contributed by atoms with Gasteiger partial charge in [-0.15, -0.1) is 0 Å². The Bertz CT molecular complexity index is 533. The molecule has 1 atom stereocenters. The molecule has 0 saturated carbocycles. The first kappa shape index (κ1) is 16.0. The maximum absolute atomic E-state index is 12.5. The lowest BCUT2D eigenvalue weighted by atomic mass is 10.2. The van der Waals surface area contributed by atoms with Crippen LogP contribution in [0.3, 0.4) is 0 Å². The largest absolute Gasteiger partial charge is 0.393 e. The maximum Gasteiger partial charge on any atom is 0.326 e. The summed E-state index contributed by atoms with van der Waals surface area (Å²) in [6.07, 6.45) is 0.874. The fourth-order valence-electron chi connectivity index (χ4n) is 2.17. The summed E-state index contributed by atoms with van der Waals surface area (Å²) < 4.78 is 0. The van der Waals surface area contributed by atoms with E-state index in [0.717, 1.165) is 11.4 Å². The average Bonchev–Trinajstić information content (AvgIpc) is 2.57. The minimum absolute atomic E-state index is 0.194. The minimum Gasteiger partial charge on any atom is -0.393 e. The molecule has 0 aliphatic carbocycles. The third kappa shape index (κ3) is 4.33. The molecule has 0 aliphatic heterocycles. The van der Waals surface area contributed by atoms with Crippen molar-refractivity contribution < 1.29 is 9.90 Å². The summed E-state index contributed by atoms with van der Waals surface area (Å²) in [5.74, 6) is 0. The Morgan fingerprint density at radius 3 is 2.00 bits per heavy atom. The number of urea groups is 1. The van der Waals surface area contributed by atoms with Crippen LogP contribution >= 0.6 is 0 Å². The van der Waals surface area contributed by atoms with E-state index in [0.29, 0.717) is 19.4 Å². The third-order valence-corrected chi connectivity index (χ3v) is 3.46. The summed E-state index contributed by atoms with van der Waals surface area (Å²) in [7, 11) is 0. The number of nitrogens with one attached hydrogen (secondary N) is 1. The van der Waals surface area contributed by atoms with Crippen molar-refractivity contribution in [2.75, 3.05) is 11.4 Å². The number of anilines is 2. The molecule has 0 spiro atoms. The molecular formula is C18H22N2O2. The first-order valence-electron chi connectivity index (χ1n) is 7.58. The Labute approximate surface area is 131 Å². The van der Waals surface area contributed by atoms with Gasteiger partial charge in [-0.2, -0.15) is 0 Å². The molecule has 0 heterocycles. The van der Waals surface area contributed by atoms with Crippen LogP contribution in [0.2, 0.25) is 0 Å². The van der Waals surface area contributed by atoms with Crippen molar-refractivity contribution in [3.05, 3.63) is 60.7 Å². The second-order valence-electron chi connectivity index (χ2n) is 5.09. The zero-order chi connectivity index (χ0) is 15.8. The number of hydrogen-bond acceptors (Lipinski definition) is 2. The summed E-state index contributed by atoms with van der Waals surface area (Å²) >= 11 is 0. The van der Waals surface area contributed by atoms with E-state index in [9.17, 15) is 9.90 Å². The van der Waals surface area contributed by atoms with Crippen molar-refractivity contribution in [1.29, 1.82) is 0 Å². The molecule has 0 fully saturated rings. The number of benzene rings is 2. The van der Waals surface area contributed by atoms with Crippen molar-refractivity contribution in [2.24, 2.45) is 0 Å². The summed E-state index contributed by atoms with van der Waals surface area (Å²) in [4.78, 5) is 14.2. The van der Waals surface area contributed by atoms with Crippen molar-refractivity contribution in [1.82, 2.24) is 5.32 Å². The standard InChI is InChI=1S/C18H22N2O2/c1-2-17(21)13-14-19-18(22)20(15-9-5-3-6-10-15)16-11-7-4-8-12-16/h3-12,17,21H,2,13-14H2,1H3,(H,19,22)/t17-/m0/s1. The van der Waals surface area contributed by atoms with E-state index in [4.69, 9.17) is 0 Å². The quantitative estimate of drug-likeness (QED) is 0.854. The fraction of sp³-hybridized carbons (Fsp3) is 0.278. The Morgan fingerprint density at radius 1 is 1.05 bits per heavy atom. The van der Waals surface area contributed by atoms with Gasteiger partial charge in [0.2, 0.25) is 0 Å². The number of rotatable bonds is 6. The Balaban J connectivity index is 2.13. The lowest BCUT2D eigenvalue weighted by Crippen LogP contribution is -2.38. The SMILES string of the molecule is CC[C@H](O)CCNC(=O)N(c1ccccc1)c1ccccc1. The van der Waals surface area contributed by atoms with E-state index in [1.165, 1.54) is 0 Å². The second-order valence-corrected chi connectivity index (χ2v) is 5.09. The molecule has 0 bridgehead atoms. The van der Waals surface area contributed by atoms with Gasteiger partial charge in [-0.3, -0.25) is 4.90 Å². The molecular weight excluding hydrogens is 276 g/mol. The number of hydrogen-bond donors (Lipinski definition) is 2. The highest BCUT2D eigenvalue weighted by Gasteiger charge is 2.17. The molecule has 0 aromatic heterocycles. The van der Waals surface area contributed by atoms with E-state index in [1.807, 2.05) is 67.6 Å². The topological polar surface area (TPSA) is 52.6 Å². The van der Waals surface area contributed by atoms with E-state index in [-0.39, 0.29) is 12.1 Å². The van der Waals surface area contributed by atoms with Crippen LogP contribution in [-0.2, 0) is 0 Å². The zero-order valence-electron chi connectivity index (χ0n) is 12.8. The van der Waals surface area contributed by atoms with Gasteiger partial charge in [0.1, 0.15) is 0 Å². The van der Waals surface area contributed by atoms with Gasteiger partial charge >= 0.3 is 6.03 Å². The molecule has 2 rings (SSSR count). The number of carbonyl (C=O) groups is 1. The van der Waals surface area contributed by atoms with Gasteiger partial charge in [0.25, 0.3) is 0 Å². The van der Waals surface area contributed by atoms with Gasteiger partial charge in [-0.25, -0.2) is 4.79 Å². The van der Waals surface area contributed by atoms with Crippen LogP contribution in [0.25, 0.3) is 0 Å². The Kier molecular flexibility index (Phi) is 5.98. The van der Waals surface area contributed by atoms with Gasteiger partial charge in [-0.05, 0) is 37.1 Å². The number of carbonyl (C=O) groups excluding carboxylic acids is 1. The molecule has 0 saturated heterocycles. The van der Waals surface area contributed by atoms with Crippen LogP contribution in [0.4, 0.5) is 16.2 Å². The molecule has 2 amide bonds. The van der Waals surface area contributed by atoms with Crippen LogP contribution in [-0.4, -0.2) is 23.8 Å². The third-order valence-electron chi connectivity index (χ3n) is 3.46. The van der Waals surface area contributed by atoms with Gasteiger partial charge in [-0.1, -0.05) is 43.3 Å². The molecule has 4 heteroatoms. The fourth-order valence-corrected chi connectivity index (χ4v) is 2.17. The number of aliphatic hydroxyl groups is 1. The molecule has 116 valence electrons. The van der Waals surface area contributed by atoms with Gasteiger partial charge < -0.3 is 10.4 Å². The zero-order valence-corrected chi connectivity index (χ0v) is 12.8. The Hall–Kier alpha value is -2.33. The first-order valence-corrected chi connectivity index (χ1v) is 7.58. The number of amides is 2. The summed E-state index contributed by atoms with van der Waals surface area (Å²) in [5.41, 5.74) is 1.62. The minimum atomic E-state index is -0.373. The van der Waals surface area contributed by atoms with Crippen molar-refractivity contribution >= 4 is 17.4 Å². The number of para-hydroxylation sites is 2. The van der Waals surface area contributed by atoms with Crippen molar-refractivity contribution in [2.45, 2.75) is 25.9 Å². The summed E-state index contributed by atoms with van der Waals surface area (Å²) in [6.45, 7) is 2.37. The van der Waals surface area contributed by atoms with E-state index < -0.39 is 0 Å². The molecule has 0 aliphatic rings. The lowest BCUT2D eigenvalue weighted by Gasteiger charge is -2.23. The smallest absolute Gasteiger partial charge is 0.326 e. The van der Waals surface area contributed by atoms with E-state index in [1.54, 1.807) is 4.90 Å². The predicted octanol–water partition coefficient (Wildman–Crippen LogP) is 3.70. The normalized spacial score (nSPS) is 11.7. The molecule has 0 radical (unpaired) electrons. The van der Waals surface area contributed by atoms with Crippen LogP contribution in [0.5, 0.6) is 0 Å². The first-order chi connectivity index (χ1) is 10.7. The predicted molar refractivity (Wildman–Crippen MR) is 89.3 cm³/mol. The summed E-state index contributed by atoms with van der Waals surface area (Å²) in [6, 6.07) is 18.8. The van der Waals surface area contributed by atoms with Gasteiger partial charge in [0.05, 0.1) is 17.5 Å². The van der Waals surface area contributed by atoms with Crippen LogP contribution < -0.4 is 10.2 Å². The van der Waals surface area contributed by atoms with Crippen LogP contribution in [0.15, 0.2) is 60.7 Å². The monoisotopic (exact) mass is 298 g/mol. The molecule has 2 aromatic carbocycles. The molecule has 2 N–H and O–H groups in total. The number of aliphatic hydroxyl groups excluding tert-OH is 1. The number of nitrogens with zero attached hydrogens (tertiary/aromatic N) is 1. The average molecular weight is 298 g/mol. The highest BCUT2D eigenvalue weighted by Crippen LogP contribution is 2.24. The van der Waals surface area contributed by atoms with Crippen LogP contribution in [0, 0.1) is 0 Å². The highest BCUT2D eigenvalue weighted by atomic mass is 16.3. The van der Waals surface area contributed by atoms with Crippen molar-refractivity contribution in [3.8, 4) is 0 Å². The Morgan fingerprint density at radius 2 is 1.55 bits per heavy atom. The lowest BCUT2D eigenvalue weighted by molar-refractivity contribution is 0.160. The van der Waals surface area contributed by atoms with Gasteiger partial charge in [0, 0.05) is 6.54 Å². The highest BCUT2D eigenvalue weighted by molar-refractivity contribution is 5.99. The maximum atomic E-state index is 12.5. The van der Waals surface area contributed by atoms with E-state index in [2.05, 4.69) is 5.32 Å². The molecule has 22 heavy (non-hydrogen) atoms. The summed E-state index contributed by atoms with van der Waals surface area (Å²) in [5, 5.41) is 12.5. The second kappa shape index (κ2) is 8.20. The van der Waals surface area contributed by atoms with Crippen molar-refractivity contribution in [3.63, 3.8) is 0 Å². The van der Waals surface area contributed by atoms with E-state index >= 15 is 0 Å². The molecule has 4 nitrogen and oxygen atoms in total.